The minimum absolute atomic E-state index is 0.422. The summed E-state index contributed by atoms with van der Waals surface area (Å²) in [5.41, 5.74) is 0.422. The molecule has 3 nitrogen and oxygen atoms in total. The van der Waals surface area contributed by atoms with E-state index in [1.807, 2.05) is 0 Å². The zero-order chi connectivity index (χ0) is 13.9. The van der Waals surface area contributed by atoms with Gasteiger partial charge < -0.3 is 5.32 Å². The molecule has 2 heterocycles. The van der Waals surface area contributed by atoms with E-state index in [0.29, 0.717) is 5.41 Å². The molecule has 0 amide bonds. The van der Waals surface area contributed by atoms with Crippen molar-refractivity contribution >= 4 is 0 Å². The summed E-state index contributed by atoms with van der Waals surface area (Å²) in [6.07, 6.45) is 4.09. The largest absolute Gasteiger partial charge is 0.316 e. The Morgan fingerprint density at radius 3 is 2.74 bits per heavy atom. The SMILES string of the molecule is CCNCC(C)(CC)CN1CC2CCCN2CC1C. The fourth-order valence-electron chi connectivity index (χ4n) is 3.68. The first-order chi connectivity index (χ1) is 9.08. The van der Waals surface area contributed by atoms with Crippen molar-refractivity contribution in [2.75, 3.05) is 39.3 Å². The number of hydrogen-bond donors (Lipinski definition) is 1. The second-order valence-electron chi connectivity index (χ2n) is 7.01. The summed E-state index contributed by atoms with van der Waals surface area (Å²) in [5.74, 6) is 0. The van der Waals surface area contributed by atoms with Crippen molar-refractivity contribution in [1.29, 1.82) is 0 Å². The van der Waals surface area contributed by atoms with E-state index in [-0.39, 0.29) is 0 Å². The molecule has 3 unspecified atom stereocenters. The number of hydrogen-bond acceptors (Lipinski definition) is 3. The number of piperazine rings is 1. The van der Waals surface area contributed by atoms with Gasteiger partial charge in [-0.15, -0.1) is 0 Å². The molecule has 3 atom stereocenters. The Balaban J connectivity index is 1.92. The summed E-state index contributed by atoms with van der Waals surface area (Å²) in [5, 5.41) is 3.55. The van der Waals surface area contributed by atoms with E-state index in [0.717, 1.165) is 25.2 Å². The third-order valence-electron chi connectivity index (χ3n) is 5.31. The lowest BCUT2D eigenvalue weighted by Gasteiger charge is -2.46. The third kappa shape index (κ3) is 3.71. The summed E-state index contributed by atoms with van der Waals surface area (Å²) in [6, 6.07) is 1.57. The van der Waals surface area contributed by atoms with Crippen LogP contribution < -0.4 is 5.32 Å². The molecule has 2 rings (SSSR count). The quantitative estimate of drug-likeness (QED) is 0.796. The van der Waals surface area contributed by atoms with Crippen molar-refractivity contribution in [3.63, 3.8) is 0 Å². The molecule has 2 saturated heterocycles. The van der Waals surface area contributed by atoms with Gasteiger partial charge in [0.2, 0.25) is 0 Å². The van der Waals surface area contributed by atoms with E-state index in [1.54, 1.807) is 0 Å². The molecule has 2 aliphatic heterocycles. The number of fused-ring (bicyclic) bond motifs is 1. The predicted molar refractivity (Wildman–Crippen MR) is 82.6 cm³/mol. The van der Waals surface area contributed by atoms with Crippen molar-refractivity contribution in [2.24, 2.45) is 5.41 Å². The van der Waals surface area contributed by atoms with Crippen LogP contribution in [0.1, 0.15) is 47.0 Å². The molecule has 1 N–H and O–H groups in total. The monoisotopic (exact) mass is 267 g/mol. The van der Waals surface area contributed by atoms with E-state index in [9.17, 15) is 0 Å². The summed E-state index contributed by atoms with van der Waals surface area (Å²) < 4.78 is 0. The predicted octanol–water partition coefficient (Wildman–Crippen LogP) is 2.18. The van der Waals surface area contributed by atoms with Crippen LogP contribution in [0.4, 0.5) is 0 Å². The van der Waals surface area contributed by atoms with Crippen LogP contribution >= 0.6 is 0 Å². The van der Waals surface area contributed by atoms with Gasteiger partial charge >= 0.3 is 0 Å². The molecule has 0 spiro atoms. The summed E-state index contributed by atoms with van der Waals surface area (Å²) in [4.78, 5) is 5.47. The van der Waals surface area contributed by atoms with Gasteiger partial charge in [0.05, 0.1) is 0 Å². The van der Waals surface area contributed by atoms with Crippen molar-refractivity contribution in [3.8, 4) is 0 Å². The lowest BCUT2D eigenvalue weighted by Crippen LogP contribution is -2.57. The standard InChI is InChI=1S/C16H33N3/c1-5-16(4,12-17-6-2)13-19-11-15-8-7-9-18(15)10-14(19)3/h14-15,17H,5-13H2,1-4H3. The zero-order valence-corrected chi connectivity index (χ0v) is 13.4. The fraction of sp³-hybridized carbons (Fsp3) is 1.00. The molecule has 0 bridgehead atoms. The molecular formula is C16H33N3. The molecule has 19 heavy (non-hydrogen) atoms. The van der Waals surface area contributed by atoms with E-state index in [4.69, 9.17) is 0 Å². The molecule has 0 saturated carbocycles. The van der Waals surface area contributed by atoms with Gasteiger partial charge in [-0.05, 0) is 44.7 Å². The van der Waals surface area contributed by atoms with Gasteiger partial charge in [0, 0.05) is 38.3 Å². The highest BCUT2D eigenvalue weighted by Gasteiger charge is 2.36. The van der Waals surface area contributed by atoms with Crippen molar-refractivity contribution in [2.45, 2.75) is 59.0 Å². The van der Waals surface area contributed by atoms with Gasteiger partial charge in [-0.3, -0.25) is 9.80 Å². The molecule has 0 aromatic rings. The normalized spacial score (nSPS) is 32.2. The summed E-state index contributed by atoms with van der Waals surface area (Å²) >= 11 is 0. The Kier molecular flexibility index (Phi) is 5.27. The molecule has 0 radical (unpaired) electrons. The van der Waals surface area contributed by atoms with E-state index in [1.165, 1.54) is 45.4 Å². The van der Waals surface area contributed by atoms with E-state index in [2.05, 4.69) is 42.8 Å². The maximum atomic E-state index is 3.55. The van der Waals surface area contributed by atoms with Crippen LogP contribution in [0.3, 0.4) is 0 Å². The molecule has 2 fully saturated rings. The Morgan fingerprint density at radius 1 is 1.26 bits per heavy atom. The minimum Gasteiger partial charge on any atom is -0.316 e. The average molecular weight is 267 g/mol. The maximum absolute atomic E-state index is 3.55. The highest BCUT2D eigenvalue weighted by atomic mass is 15.3. The lowest BCUT2D eigenvalue weighted by atomic mass is 9.85. The van der Waals surface area contributed by atoms with Crippen LogP contribution in [0.2, 0.25) is 0 Å². The average Bonchev–Trinajstić information content (AvgIpc) is 2.84. The Hall–Kier alpha value is -0.120. The topological polar surface area (TPSA) is 18.5 Å². The Bertz CT molecular complexity index is 281. The Morgan fingerprint density at radius 2 is 2.05 bits per heavy atom. The van der Waals surface area contributed by atoms with Crippen LogP contribution in [0, 0.1) is 5.41 Å². The molecular weight excluding hydrogens is 234 g/mol. The highest BCUT2D eigenvalue weighted by Crippen LogP contribution is 2.29. The number of rotatable bonds is 6. The van der Waals surface area contributed by atoms with Crippen molar-refractivity contribution in [3.05, 3.63) is 0 Å². The van der Waals surface area contributed by atoms with Crippen LogP contribution in [0.5, 0.6) is 0 Å². The summed E-state index contributed by atoms with van der Waals surface area (Å²) in [7, 11) is 0. The van der Waals surface area contributed by atoms with Gasteiger partial charge in [0.1, 0.15) is 0 Å². The van der Waals surface area contributed by atoms with Crippen LogP contribution in [0.15, 0.2) is 0 Å². The molecule has 3 heteroatoms. The van der Waals surface area contributed by atoms with Gasteiger partial charge in [-0.1, -0.05) is 20.8 Å². The lowest BCUT2D eigenvalue weighted by molar-refractivity contribution is 0.0286. The Labute approximate surface area is 119 Å². The van der Waals surface area contributed by atoms with Crippen LogP contribution in [0.25, 0.3) is 0 Å². The van der Waals surface area contributed by atoms with Crippen molar-refractivity contribution < 1.29 is 0 Å². The van der Waals surface area contributed by atoms with Crippen LogP contribution in [-0.4, -0.2) is 61.2 Å². The zero-order valence-electron chi connectivity index (χ0n) is 13.4. The van der Waals surface area contributed by atoms with Crippen LogP contribution in [-0.2, 0) is 0 Å². The number of nitrogens with one attached hydrogen (secondary N) is 1. The fourth-order valence-corrected chi connectivity index (χ4v) is 3.68. The van der Waals surface area contributed by atoms with E-state index >= 15 is 0 Å². The third-order valence-corrected chi connectivity index (χ3v) is 5.31. The molecule has 112 valence electrons. The van der Waals surface area contributed by atoms with Crippen molar-refractivity contribution in [1.82, 2.24) is 15.1 Å². The summed E-state index contributed by atoms with van der Waals surface area (Å²) in [6.45, 7) is 16.8. The number of nitrogens with zero attached hydrogens (tertiary/aromatic N) is 2. The molecule has 2 aliphatic rings. The molecule has 0 aromatic heterocycles. The second kappa shape index (κ2) is 6.55. The smallest absolute Gasteiger partial charge is 0.0224 e. The molecule has 0 aromatic carbocycles. The first-order valence-electron chi connectivity index (χ1n) is 8.27. The maximum Gasteiger partial charge on any atom is 0.0224 e. The van der Waals surface area contributed by atoms with Gasteiger partial charge in [-0.25, -0.2) is 0 Å². The van der Waals surface area contributed by atoms with Gasteiger partial charge in [-0.2, -0.15) is 0 Å². The first-order valence-corrected chi connectivity index (χ1v) is 8.27. The second-order valence-corrected chi connectivity index (χ2v) is 7.01. The highest BCUT2D eigenvalue weighted by molar-refractivity contribution is 4.93. The van der Waals surface area contributed by atoms with E-state index < -0.39 is 0 Å². The van der Waals surface area contributed by atoms with Gasteiger partial charge in [0.25, 0.3) is 0 Å². The minimum atomic E-state index is 0.422. The van der Waals surface area contributed by atoms with Gasteiger partial charge in [0.15, 0.2) is 0 Å². The first kappa shape index (κ1) is 15.3. The molecule has 0 aliphatic carbocycles.